The summed E-state index contributed by atoms with van der Waals surface area (Å²) in [5.74, 6) is 0.760. The zero-order valence-corrected chi connectivity index (χ0v) is 14.1. The van der Waals surface area contributed by atoms with Crippen LogP contribution in [0.3, 0.4) is 0 Å². The molecular formula is C16H31FO2S. The minimum Gasteiger partial charge on any atom is -0.465 e. The highest BCUT2D eigenvalue weighted by atomic mass is 32.2. The number of esters is 1. The van der Waals surface area contributed by atoms with Crippen molar-refractivity contribution in [1.82, 2.24) is 0 Å². The lowest BCUT2D eigenvalue weighted by atomic mass is 10.1. The van der Waals surface area contributed by atoms with E-state index < -0.39 is 6.17 Å². The number of ether oxygens (including phenoxy) is 1. The Bertz CT molecular complexity index is 237. The number of carbonyl (C=O) groups excluding carboxylic acids is 1. The summed E-state index contributed by atoms with van der Waals surface area (Å²) < 4.78 is 18.6. The molecule has 0 rings (SSSR count). The van der Waals surface area contributed by atoms with Crippen molar-refractivity contribution in [2.45, 2.75) is 83.6 Å². The van der Waals surface area contributed by atoms with Crippen molar-refractivity contribution in [3.63, 3.8) is 0 Å². The Morgan fingerprint density at radius 2 is 1.80 bits per heavy atom. The second-order valence-corrected chi connectivity index (χ2v) is 6.51. The van der Waals surface area contributed by atoms with E-state index in [1.165, 1.54) is 0 Å². The molecule has 0 aromatic carbocycles. The van der Waals surface area contributed by atoms with Gasteiger partial charge in [-0.3, -0.25) is 4.79 Å². The van der Waals surface area contributed by atoms with Crippen LogP contribution in [0.5, 0.6) is 0 Å². The predicted octanol–water partition coefficient (Wildman–Crippen LogP) is 5.15. The number of thioether (sulfide) groups is 1. The van der Waals surface area contributed by atoms with E-state index in [-0.39, 0.29) is 11.2 Å². The molecule has 0 aliphatic rings. The van der Waals surface area contributed by atoms with Crippen molar-refractivity contribution in [2.75, 3.05) is 12.4 Å². The zero-order valence-electron chi connectivity index (χ0n) is 13.3. The Morgan fingerprint density at radius 1 is 1.05 bits per heavy atom. The summed E-state index contributed by atoms with van der Waals surface area (Å²) in [5, 5.41) is -0.0641. The molecule has 0 saturated heterocycles. The second kappa shape index (κ2) is 13.7. The summed E-state index contributed by atoms with van der Waals surface area (Å²) in [5.41, 5.74) is 0. The first-order chi connectivity index (χ1) is 9.65. The maximum Gasteiger partial charge on any atom is 0.319 e. The fourth-order valence-corrected chi connectivity index (χ4v) is 3.10. The minimum absolute atomic E-state index is 0.0641. The number of unbranched alkanes of at least 4 members (excludes halogenated alkanes) is 1. The molecule has 0 heterocycles. The molecule has 0 radical (unpaired) electrons. The maximum absolute atomic E-state index is 13.4. The van der Waals surface area contributed by atoms with Crippen molar-refractivity contribution >= 4 is 17.7 Å². The van der Waals surface area contributed by atoms with Gasteiger partial charge in [0.05, 0.1) is 6.61 Å². The molecule has 2 unspecified atom stereocenters. The van der Waals surface area contributed by atoms with Gasteiger partial charge in [0.25, 0.3) is 0 Å². The standard InChI is InChI=1S/C16H31FO2S/c1-4-7-11-15(16(18)19-12-6-3)20-13-8-10-14(17)9-5-2/h14-15H,4-13H2,1-3H3. The van der Waals surface area contributed by atoms with Gasteiger partial charge < -0.3 is 4.74 Å². The average Bonchev–Trinajstić information content (AvgIpc) is 2.44. The lowest BCUT2D eigenvalue weighted by molar-refractivity contribution is -0.143. The van der Waals surface area contributed by atoms with Crippen LogP contribution >= 0.6 is 11.8 Å². The highest BCUT2D eigenvalue weighted by molar-refractivity contribution is 8.00. The van der Waals surface area contributed by atoms with Crippen LogP contribution < -0.4 is 0 Å². The second-order valence-electron chi connectivity index (χ2n) is 5.20. The maximum atomic E-state index is 13.4. The summed E-state index contributed by atoms with van der Waals surface area (Å²) in [6.07, 6.45) is 6.19. The van der Waals surface area contributed by atoms with E-state index in [2.05, 4.69) is 6.92 Å². The van der Waals surface area contributed by atoms with Gasteiger partial charge in [-0.2, -0.15) is 0 Å². The van der Waals surface area contributed by atoms with Crippen molar-refractivity contribution in [3.05, 3.63) is 0 Å². The summed E-state index contributed by atoms with van der Waals surface area (Å²) in [7, 11) is 0. The van der Waals surface area contributed by atoms with E-state index in [9.17, 15) is 9.18 Å². The fourth-order valence-electron chi connectivity index (χ4n) is 1.94. The largest absolute Gasteiger partial charge is 0.465 e. The van der Waals surface area contributed by atoms with Gasteiger partial charge in [-0.05, 0) is 37.9 Å². The molecule has 120 valence electrons. The molecule has 0 saturated carbocycles. The Labute approximate surface area is 128 Å². The minimum atomic E-state index is -0.679. The van der Waals surface area contributed by atoms with Crippen LogP contribution in [-0.4, -0.2) is 29.8 Å². The number of halogens is 1. The first-order valence-electron chi connectivity index (χ1n) is 8.07. The Hall–Kier alpha value is -0.250. The molecule has 0 bridgehead atoms. The molecule has 0 aliphatic heterocycles. The molecule has 0 N–H and O–H groups in total. The van der Waals surface area contributed by atoms with E-state index in [1.807, 2.05) is 13.8 Å². The number of rotatable bonds is 13. The van der Waals surface area contributed by atoms with Gasteiger partial charge in [0.1, 0.15) is 11.4 Å². The lowest BCUT2D eigenvalue weighted by Crippen LogP contribution is -2.21. The molecule has 0 spiro atoms. The number of alkyl halides is 1. The van der Waals surface area contributed by atoms with E-state index in [0.717, 1.165) is 44.3 Å². The molecule has 0 aromatic heterocycles. The third-order valence-electron chi connectivity index (χ3n) is 3.11. The summed E-state index contributed by atoms with van der Waals surface area (Å²) in [6, 6.07) is 0. The van der Waals surface area contributed by atoms with Gasteiger partial charge in [-0.1, -0.05) is 40.0 Å². The third-order valence-corrected chi connectivity index (χ3v) is 4.47. The molecule has 0 aliphatic carbocycles. The monoisotopic (exact) mass is 306 g/mol. The van der Waals surface area contributed by atoms with Crippen molar-refractivity contribution in [3.8, 4) is 0 Å². The van der Waals surface area contributed by atoms with Crippen LogP contribution in [-0.2, 0) is 9.53 Å². The SMILES string of the molecule is CCCCC(SCCCC(F)CCC)C(=O)OCCC. The van der Waals surface area contributed by atoms with Crippen LogP contribution in [0.25, 0.3) is 0 Å². The smallest absolute Gasteiger partial charge is 0.319 e. The van der Waals surface area contributed by atoms with Gasteiger partial charge in [0.15, 0.2) is 0 Å². The topological polar surface area (TPSA) is 26.3 Å². The third kappa shape index (κ3) is 10.5. The quantitative estimate of drug-likeness (QED) is 0.348. The molecular weight excluding hydrogens is 275 g/mol. The van der Waals surface area contributed by atoms with Gasteiger partial charge in [0, 0.05) is 0 Å². The molecule has 0 amide bonds. The summed E-state index contributed by atoms with van der Waals surface area (Å²) >= 11 is 1.64. The van der Waals surface area contributed by atoms with Gasteiger partial charge >= 0.3 is 5.97 Å². The first kappa shape index (κ1) is 19.8. The van der Waals surface area contributed by atoms with Crippen molar-refractivity contribution in [2.24, 2.45) is 0 Å². The molecule has 2 atom stereocenters. The molecule has 4 heteroatoms. The Balaban J connectivity index is 3.93. The average molecular weight is 306 g/mol. The summed E-state index contributed by atoms with van der Waals surface area (Å²) in [4.78, 5) is 11.9. The normalized spacial score (nSPS) is 14.0. The fraction of sp³-hybridized carbons (Fsp3) is 0.938. The molecule has 0 fully saturated rings. The first-order valence-corrected chi connectivity index (χ1v) is 9.12. The van der Waals surface area contributed by atoms with Crippen molar-refractivity contribution in [1.29, 1.82) is 0 Å². The van der Waals surface area contributed by atoms with E-state index in [4.69, 9.17) is 4.74 Å². The van der Waals surface area contributed by atoms with E-state index in [1.54, 1.807) is 11.8 Å². The van der Waals surface area contributed by atoms with Crippen LogP contribution in [0, 0.1) is 0 Å². The number of hydrogen-bond donors (Lipinski definition) is 0. The highest BCUT2D eigenvalue weighted by Gasteiger charge is 2.19. The van der Waals surface area contributed by atoms with Gasteiger partial charge in [-0.25, -0.2) is 4.39 Å². The van der Waals surface area contributed by atoms with Gasteiger partial charge in [0.2, 0.25) is 0 Å². The predicted molar refractivity (Wildman–Crippen MR) is 86.1 cm³/mol. The lowest BCUT2D eigenvalue weighted by Gasteiger charge is -2.15. The van der Waals surface area contributed by atoms with Crippen molar-refractivity contribution < 1.29 is 13.9 Å². The Morgan fingerprint density at radius 3 is 2.40 bits per heavy atom. The van der Waals surface area contributed by atoms with E-state index >= 15 is 0 Å². The number of hydrogen-bond acceptors (Lipinski definition) is 3. The van der Waals surface area contributed by atoms with Crippen LogP contribution in [0.1, 0.15) is 72.1 Å². The zero-order chi connectivity index (χ0) is 15.2. The highest BCUT2D eigenvalue weighted by Crippen LogP contribution is 2.21. The molecule has 20 heavy (non-hydrogen) atoms. The molecule has 0 aromatic rings. The number of carbonyl (C=O) groups is 1. The summed E-state index contributed by atoms with van der Waals surface area (Å²) in [6.45, 7) is 6.63. The van der Waals surface area contributed by atoms with Crippen LogP contribution in [0.15, 0.2) is 0 Å². The van der Waals surface area contributed by atoms with Crippen LogP contribution in [0.4, 0.5) is 4.39 Å². The van der Waals surface area contributed by atoms with Crippen LogP contribution in [0.2, 0.25) is 0 Å². The molecule has 2 nitrogen and oxygen atoms in total. The van der Waals surface area contributed by atoms with Gasteiger partial charge in [-0.15, -0.1) is 11.8 Å². The Kier molecular flexibility index (Phi) is 13.5. The van der Waals surface area contributed by atoms with E-state index in [0.29, 0.717) is 19.4 Å².